The van der Waals surface area contributed by atoms with E-state index in [1.165, 1.54) is 12.3 Å². The monoisotopic (exact) mass is 363 g/mol. The molecule has 0 fully saturated rings. The molecule has 2 heterocycles. The van der Waals surface area contributed by atoms with Crippen LogP contribution in [0.2, 0.25) is 0 Å². The zero-order chi connectivity index (χ0) is 19.0. The minimum Gasteiger partial charge on any atom is -0.508 e. The van der Waals surface area contributed by atoms with E-state index in [1.54, 1.807) is 24.3 Å². The molecular weight excluding hydrogens is 346 g/mol. The SMILES string of the molecule is Cc1ccc(NC(c2ccc(O)cc2)C2Oc3ccoc(=O)c3C2=O)cc1. The lowest BCUT2D eigenvalue weighted by Gasteiger charge is -2.25. The highest BCUT2D eigenvalue weighted by atomic mass is 16.5. The summed E-state index contributed by atoms with van der Waals surface area (Å²) < 4.78 is 10.6. The van der Waals surface area contributed by atoms with Crippen molar-refractivity contribution in [3.8, 4) is 11.5 Å². The number of carbonyl (C=O) groups excluding carboxylic acids is 1. The summed E-state index contributed by atoms with van der Waals surface area (Å²) in [5.41, 5.74) is 1.87. The molecule has 6 heteroatoms. The summed E-state index contributed by atoms with van der Waals surface area (Å²) in [5.74, 6) is -0.0943. The number of ether oxygens (including phenoxy) is 1. The van der Waals surface area contributed by atoms with Crippen molar-refractivity contribution >= 4 is 11.5 Å². The van der Waals surface area contributed by atoms with E-state index in [-0.39, 0.29) is 17.1 Å². The Labute approximate surface area is 155 Å². The van der Waals surface area contributed by atoms with Gasteiger partial charge in [-0.2, -0.15) is 0 Å². The molecule has 0 aliphatic carbocycles. The normalized spacial score (nSPS) is 16.5. The lowest BCUT2D eigenvalue weighted by atomic mass is 9.96. The first-order chi connectivity index (χ1) is 13.0. The number of Topliss-reactive ketones (excluding diaryl/α,β-unsaturated/α-hetero) is 1. The average molecular weight is 363 g/mol. The van der Waals surface area contributed by atoms with Gasteiger partial charge in [-0.3, -0.25) is 4.79 Å². The Balaban J connectivity index is 1.73. The summed E-state index contributed by atoms with van der Waals surface area (Å²) in [6, 6.07) is 15.1. The summed E-state index contributed by atoms with van der Waals surface area (Å²) in [5, 5.41) is 12.9. The van der Waals surface area contributed by atoms with E-state index < -0.39 is 23.6 Å². The second-order valence-corrected chi connectivity index (χ2v) is 6.43. The van der Waals surface area contributed by atoms with Crippen molar-refractivity contribution in [1.82, 2.24) is 0 Å². The lowest BCUT2D eigenvalue weighted by molar-refractivity contribution is 0.0830. The maximum absolute atomic E-state index is 12.9. The predicted octanol–water partition coefficient (Wildman–Crippen LogP) is 3.45. The number of hydrogen-bond acceptors (Lipinski definition) is 6. The van der Waals surface area contributed by atoms with Gasteiger partial charge in [0.1, 0.15) is 17.1 Å². The van der Waals surface area contributed by atoms with E-state index in [0.717, 1.165) is 16.8 Å². The highest BCUT2D eigenvalue weighted by Crippen LogP contribution is 2.34. The topological polar surface area (TPSA) is 88.8 Å². The van der Waals surface area contributed by atoms with Gasteiger partial charge in [0.15, 0.2) is 6.10 Å². The molecule has 2 N–H and O–H groups in total. The van der Waals surface area contributed by atoms with Crippen LogP contribution in [-0.4, -0.2) is 17.0 Å². The van der Waals surface area contributed by atoms with Crippen molar-refractivity contribution in [1.29, 1.82) is 0 Å². The summed E-state index contributed by atoms with van der Waals surface area (Å²) in [6.07, 6.45) is 0.274. The van der Waals surface area contributed by atoms with Gasteiger partial charge in [0.05, 0.1) is 12.3 Å². The summed E-state index contributed by atoms with van der Waals surface area (Å²) in [4.78, 5) is 24.8. The molecule has 136 valence electrons. The Kier molecular flexibility index (Phi) is 4.16. The van der Waals surface area contributed by atoms with Crippen LogP contribution < -0.4 is 15.7 Å². The number of fused-ring (bicyclic) bond motifs is 1. The molecule has 4 rings (SSSR count). The third kappa shape index (κ3) is 3.17. The number of phenolic OH excluding ortho intramolecular Hbond substituents is 1. The second-order valence-electron chi connectivity index (χ2n) is 6.43. The van der Waals surface area contributed by atoms with Gasteiger partial charge in [-0.15, -0.1) is 0 Å². The third-order valence-corrected chi connectivity index (χ3v) is 4.53. The molecule has 0 saturated carbocycles. The third-order valence-electron chi connectivity index (χ3n) is 4.53. The van der Waals surface area contributed by atoms with Crippen LogP contribution in [0.3, 0.4) is 0 Å². The van der Waals surface area contributed by atoms with Crippen molar-refractivity contribution in [3.05, 3.63) is 88.0 Å². The maximum Gasteiger partial charge on any atom is 0.350 e. The summed E-state index contributed by atoms with van der Waals surface area (Å²) in [7, 11) is 0. The molecular formula is C21H17NO5. The van der Waals surface area contributed by atoms with Gasteiger partial charge in [-0.05, 0) is 36.8 Å². The fraction of sp³-hybridized carbons (Fsp3) is 0.143. The zero-order valence-electron chi connectivity index (χ0n) is 14.5. The van der Waals surface area contributed by atoms with Crippen molar-refractivity contribution < 1.29 is 19.1 Å². The molecule has 2 atom stereocenters. The van der Waals surface area contributed by atoms with Crippen LogP contribution in [0.1, 0.15) is 27.5 Å². The highest BCUT2D eigenvalue weighted by Gasteiger charge is 2.41. The van der Waals surface area contributed by atoms with E-state index >= 15 is 0 Å². The van der Waals surface area contributed by atoms with Gasteiger partial charge in [-0.25, -0.2) is 4.79 Å². The van der Waals surface area contributed by atoms with Gasteiger partial charge >= 0.3 is 5.63 Å². The van der Waals surface area contributed by atoms with E-state index in [2.05, 4.69) is 5.32 Å². The number of benzene rings is 2. The molecule has 1 aliphatic heterocycles. The van der Waals surface area contributed by atoms with Crippen molar-refractivity contribution in [2.24, 2.45) is 0 Å². The second kappa shape index (κ2) is 6.64. The molecule has 3 aromatic rings. The Morgan fingerprint density at radius 2 is 1.70 bits per heavy atom. The molecule has 2 aromatic carbocycles. The van der Waals surface area contributed by atoms with Crippen LogP contribution in [0.15, 0.2) is 70.1 Å². The highest BCUT2D eigenvalue weighted by molar-refractivity contribution is 6.04. The van der Waals surface area contributed by atoms with Crippen molar-refractivity contribution in [3.63, 3.8) is 0 Å². The predicted molar refractivity (Wildman–Crippen MR) is 99.4 cm³/mol. The fourth-order valence-electron chi connectivity index (χ4n) is 3.12. The van der Waals surface area contributed by atoms with Crippen LogP contribution in [0.4, 0.5) is 5.69 Å². The van der Waals surface area contributed by atoms with Crippen LogP contribution in [0.25, 0.3) is 0 Å². The Bertz CT molecular complexity index is 1040. The van der Waals surface area contributed by atoms with Crippen LogP contribution in [-0.2, 0) is 0 Å². The average Bonchev–Trinajstić information content (AvgIpc) is 3.00. The van der Waals surface area contributed by atoms with E-state index in [0.29, 0.717) is 0 Å². The smallest absolute Gasteiger partial charge is 0.350 e. The largest absolute Gasteiger partial charge is 0.508 e. The van der Waals surface area contributed by atoms with Gasteiger partial charge in [0, 0.05) is 11.8 Å². The molecule has 0 spiro atoms. The number of hydrogen-bond donors (Lipinski definition) is 2. The first-order valence-corrected chi connectivity index (χ1v) is 8.48. The standard InChI is InChI=1S/C21H17NO5/c1-12-2-6-14(7-3-12)22-18(13-4-8-15(23)9-5-13)20-19(24)17-16(27-20)10-11-26-21(17)25/h2-11,18,20,22-23H,1H3. The summed E-state index contributed by atoms with van der Waals surface area (Å²) >= 11 is 0. The number of rotatable bonds is 4. The maximum atomic E-state index is 12.9. The molecule has 0 radical (unpaired) electrons. The number of ketones is 1. The summed E-state index contributed by atoms with van der Waals surface area (Å²) in [6.45, 7) is 1.99. The van der Waals surface area contributed by atoms with E-state index in [4.69, 9.17) is 9.15 Å². The molecule has 0 amide bonds. The Hall–Kier alpha value is -3.54. The minimum absolute atomic E-state index is 0.0722. The van der Waals surface area contributed by atoms with Gasteiger partial charge in [0.2, 0.25) is 5.78 Å². The van der Waals surface area contributed by atoms with Gasteiger partial charge in [0.25, 0.3) is 0 Å². The van der Waals surface area contributed by atoms with Crippen LogP contribution in [0, 0.1) is 6.92 Å². The van der Waals surface area contributed by atoms with Crippen molar-refractivity contribution in [2.75, 3.05) is 5.32 Å². The van der Waals surface area contributed by atoms with Crippen LogP contribution >= 0.6 is 0 Å². The molecule has 1 aromatic heterocycles. The molecule has 6 nitrogen and oxygen atoms in total. The Morgan fingerprint density at radius 1 is 1.00 bits per heavy atom. The number of carbonyl (C=O) groups is 1. The van der Waals surface area contributed by atoms with Gasteiger partial charge < -0.3 is 19.6 Å². The van der Waals surface area contributed by atoms with E-state index in [9.17, 15) is 14.7 Å². The minimum atomic E-state index is -0.934. The number of anilines is 1. The zero-order valence-corrected chi connectivity index (χ0v) is 14.5. The molecule has 27 heavy (non-hydrogen) atoms. The molecule has 0 bridgehead atoms. The first-order valence-electron chi connectivity index (χ1n) is 8.48. The molecule has 2 unspecified atom stereocenters. The van der Waals surface area contributed by atoms with Gasteiger partial charge in [-0.1, -0.05) is 29.8 Å². The number of phenols is 1. The number of aromatic hydroxyl groups is 1. The number of aryl methyl sites for hydroxylation is 1. The lowest BCUT2D eigenvalue weighted by Crippen LogP contribution is -2.34. The molecule has 0 saturated heterocycles. The van der Waals surface area contributed by atoms with Crippen molar-refractivity contribution in [2.45, 2.75) is 19.1 Å². The number of nitrogens with one attached hydrogen (secondary N) is 1. The molecule has 1 aliphatic rings. The van der Waals surface area contributed by atoms with E-state index in [1.807, 2.05) is 31.2 Å². The Morgan fingerprint density at radius 3 is 2.37 bits per heavy atom. The van der Waals surface area contributed by atoms with Crippen LogP contribution in [0.5, 0.6) is 11.5 Å². The quantitative estimate of drug-likeness (QED) is 0.738. The fourth-order valence-corrected chi connectivity index (χ4v) is 3.12. The first kappa shape index (κ1) is 16.9.